The molecule has 7 atom stereocenters. The molecule has 0 aromatic rings. The summed E-state index contributed by atoms with van der Waals surface area (Å²) in [7, 11) is -9.89. The second-order valence-electron chi connectivity index (χ2n) is 24.9. The number of carbonyl (C=O) groups excluding carboxylic acids is 4. The zero-order valence-electron chi connectivity index (χ0n) is 54.5. The topological polar surface area (TPSA) is 237 Å². The second-order valence-corrected chi connectivity index (χ2v) is 27.8. The summed E-state index contributed by atoms with van der Waals surface area (Å²) in [5, 5.41) is 10.5. The van der Waals surface area contributed by atoms with Gasteiger partial charge in [-0.2, -0.15) is 0 Å². The van der Waals surface area contributed by atoms with Gasteiger partial charge in [-0.3, -0.25) is 37.3 Å². The zero-order valence-corrected chi connectivity index (χ0v) is 56.3. The first-order valence-electron chi connectivity index (χ1n) is 33.8. The normalized spacial score (nSPS) is 15.1. The summed E-state index contributed by atoms with van der Waals surface area (Å²) >= 11 is 0. The third-order valence-electron chi connectivity index (χ3n) is 15.5. The van der Waals surface area contributed by atoms with Crippen LogP contribution in [0.1, 0.15) is 312 Å². The Morgan fingerprint density at radius 1 is 0.333 bits per heavy atom. The molecule has 5 unspecified atom stereocenters. The Hall–Kier alpha value is -1.94. The fraction of sp³-hybridized carbons (Fsp3) is 0.938. The predicted molar refractivity (Wildman–Crippen MR) is 335 cm³/mol. The standard InChI is InChI=1S/C65H126O17P2/c1-9-57(7)43-35-27-19-13-16-22-32-40-48-65(70)81-60(51-75-62(67)45-37-29-20-14-11-17-25-33-41-55(3)4)53-79-83(71,72)77-49-59(66)50-78-84(73,74)80-54-61(52-76-63(68)46-38-30-24-23-28-36-44-58(8)10-2)82-64(69)47-39-31-21-15-12-18-26-34-42-56(5)6/h55-61,66H,9-54H2,1-8H3,(H,71,72)(H,73,74)/t57?,58?,59?,60-,61-/m1/s1. The van der Waals surface area contributed by atoms with Crippen LogP contribution in [0.15, 0.2) is 0 Å². The van der Waals surface area contributed by atoms with Crippen molar-refractivity contribution in [2.75, 3.05) is 39.6 Å². The van der Waals surface area contributed by atoms with Gasteiger partial charge >= 0.3 is 39.5 Å². The summed E-state index contributed by atoms with van der Waals surface area (Å²) < 4.78 is 68.0. The van der Waals surface area contributed by atoms with Crippen molar-refractivity contribution in [1.29, 1.82) is 0 Å². The number of aliphatic hydroxyl groups is 1. The van der Waals surface area contributed by atoms with Crippen molar-refractivity contribution < 1.29 is 80.2 Å². The van der Waals surface area contributed by atoms with Gasteiger partial charge in [0, 0.05) is 25.7 Å². The van der Waals surface area contributed by atoms with E-state index in [0.717, 1.165) is 120 Å². The van der Waals surface area contributed by atoms with Gasteiger partial charge in [0.25, 0.3) is 0 Å². The molecular formula is C65H126O17P2. The molecule has 0 fully saturated rings. The van der Waals surface area contributed by atoms with Crippen LogP contribution in [-0.4, -0.2) is 96.7 Å². The lowest BCUT2D eigenvalue weighted by atomic mass is 9.99. The van der Waals surface area contributed by atoms with Crippen molar-refractivity contribution in [2.45, 2.75) is 331 Å². The van der Waals surface area contributed by atoms with Crippen LogP contribution in [0.2, 0.25) is 0 Å². The molecule has 0 spiro atoms. The van der Waals surface area contributed by atoms with Gasteiger partial charge < -0.3 is 33.8 Å². The SMILES string of the molecule is CCC(C)CCCCCCCCCCC(=O)O[C@H](COC(=O)CCCCCCCCCCC(C)C)COP(=O)(O)OCC(O)COP(=O)(O)OC[C@@H](COC(=O)CCCCCCCCC(C)CC)OC(=O)CCCCCCCCCCC(C)C. The number of carbonyl (C=O) groups is 4. The Balaban J connectivity index is 5.27. The van der Waals surface area contributed by atoms with E-state index in [-0.39, 0.29) is 25.7 Å². The van der Waals surface area contributed by atoms with Gasteiger partial charge in [0.1, 0.15) is 19.3 Å². The van der Waals surface area contributed by atoms with E-state index < -0.39 is 97.5 Å². The van der Waals surface area contributed by atoms with E-state index in [2.05, 4.69) is 55.4 Å². The summed E-state index contributed by atoms with van der Waals surface area (Å²) in [5.41, 5.74) is 0. The van der Waals surface area contributed by atoms with E-state index >= 15 is 0 Å². The first-order chi connectivity index (χ1) is 40.2. The number of esters is 4. The van der Waals surface area contributed by atoms with Crippen molar-refractivity contribution in [3.63, 3.8) is 0 Å². The third-order valence-corrected chi connectivity index (χ3v) is 17.4. The van der Waals surface area contributed by atoms with Gasteiger partial charge in [0.05, 0.1) is 26.4 Å². The van der Waals surface area contributed by atoms with Gasteiger partial charge in [-0.1, -0.05) is 261 Å². The first-order valence-corrected chi connectivity index (χ1v) is 36.8. The molecule has 0 aliphatic carbocycles. The summed E-state index contributed by atoms with van der Waals surface area (Å²) in [6.07, 6.45) is 34.9. The van der Waals surface area contributed by atoms with Gasteiger partial charge in [-0.15, -0.1) is 0 Å². The number of phosphoric acid groups is 2. The summed E-state index contributed by atoms with van der Waals surface area (Å²) in [6, 6.07) is 0. The van der Waals surface area contributed by atoms with Crippen molar-refractivity contribution in [1.82, 2.24) is 0 Å². The van der Waals surface area contributed by atoms with Gasteiger partial charge in [0.15, 0.2) is 12.2 Å². The highest BCUT2D eigenvalue weighted by atomic mass is 31.2. The number of unbranched alkanes of at least 4 members (excludes halogenated alkanes) is 26. The molecule has 0 saturated carbocycles. The maximum atomic E-state index is 13.0. The van der Waals surface area contributed by atoms with Gasteiger partial charge in [-0.25, -0.2) is 9.13 Å². The summed E-state index contributed by atoms with van der Waals surface area (Å²) in [5.74, 6) is 0.805. The molecule has 0 aliphatic rings. The molecule has 17 nitrogen and oxygen atoms in total. The highest BCUT2D eigenvalue weighted by Gasteiger charge is 2.30. The molecular weight excluding hydrogens is 1110 g/mol. The molecule has 0 rings (SSSR count). The van der Waals surface area contributed by atoms with Crippen LogP contribution in [0.4, 0.5) is 0 Å². The lowest BCUT2D eigenvalue weighted by Gasteiger charge is -2.21. The molecule has 0 aliphatic heterocycles. The number of rotatable bonds is 62. The molecule has 0 bridgehead atoms. The lowest BCUT2D eigenvalue weighted by Crippen LogP contribution is -2.30. The van der Waals surface area contributed by atoms with Crippen LogP contribution in [0.3, 0.4) is 0 Å². The number of aliphatic hydroxyl groups excluding tert-OH is 1. The van der Waals surface area contributed by atoms with Crippen molar-refractivity contribution >= 4 is 39.5 Å². The minimum absolute atomic E-state index is 0.103. The predicted octanol–water partition coefficient (Wildman–Crippen LogP) is 17.8. The largest absolute Gasteiger partial charge is 0.472 e. The van der Waals surface area contributed by atoms with Crippen LogP contribution in [0.5, 0.6) is 0 Å². The van der Waals surface area contributed by atoms with Gasteiger partial charge in [-0.05, 0) is 49.4 Å². The number of hydrogen-bond acceptors (Lipinski definition) is 15. The minimum atomic E-state index is -4.95. The van der Waals surface area contributed by atoms with Crippen LogP contribution in [0, 0.1) is 23.7 Å². The highest BCUT2D eigenvalue weighted by molar-refractivity contribution is 7.47. The molecule has 0 radical (unpaired) electrons. The molecule has 0 saturated heterocycles. The van der Waals surface area contributed by atoms with Crippen LogP contribution in [0.25, 0.3) is 0 Å². The fourth-order valence-electron chi connectivity index (χ4n) is 9.54. The fourth-order valence-corrected chi connectivity index (χ4v) is 11.1. The Labute approximate surface area is 511 Å². The van der Waals surface area contributed by atoms with E-state index in [1.807, 2.05) is 0 Å². The van der Waals surface area contributed by atoms with Crippen LogP contribution in [-0.2, 0) is 65.4 Å². The lowest BCUT2D eigenvalue weighted by molar-refractivity contribution is -0.161. The molecule has 84 heavy (non-hydrogen) atoms. The maximum absolute atomic E-state index is 13.0. The molecule has 498 valence electrons. The molecule has 0 heterocycles. The minimum Gasteiger partial charge on any atom is -0.462 e. The van der Waals surface area contributed by atoms with Crippen LogP contribution >= 0.6 is 15.6 Å². The molecule has 3 N–H and O–H groups in total. The number of hydrogen-bond donors (Lipinski definition) is 3. The zero-order chi connectivity index (χ0) is 62.5. The number of ether oxygens (including phenoxy) is 4. The average Bonchev–Trinajstić information content (AvgIpc) is 3.47. The van der Waals surface area contributed by atoms with E-state index in [0.29, 0.717) is 25.7 Å². The van der Waals surface area contributed by atoms with E-state index in [9.17, 15) is 43.2 Å². The highest BCUT2D eigenvalue weighted by Crippen LogP contribution is 2.45. The molecule has 0 aromatic carbocycles. The first kappa shape index (κ1) is 82.1. The van der Waals surface area contributed by atoms with Crippen molar-refractivity contribution in [3.8, 4) is 0 Å². The Morgan fingerprint density at radius 3 is 0.845 bits per heavy atom. The Bertz CT molecular complexity index is 1680. The van der Waals surface area contributed by atoms with E-state index in [1.54, 1.807) is 0 Å². The van der Waals surface area contributed by atoms with E-state index in [1.165, 1.54) is 109 Å². The average molecular weight is 1240 g/mol. The second kappa shape index (κ2) is 55.2. The molecule has 0 amide bonds. The Kier molecular flexibility index (Phi) is 53.9. The third kappa shape index (κ3) is 56.6. The summed E-state index contributed by atoms with van der Waals surface area (Å²) in [6.45, 7) is 14.0. The number of phosphoric ester groups is 2. The monoisotopic (exact) mass is 1240 g/mol. The smallest absolute Gasteiger partial charge is 0.462 e. The summed E-state index contributed by atoms with van der Waals surface area (Å²) in [4.78, 5) is 72.3. The van der Waals surface area contributed by atoms with E-state index in [4.69, 9.17) is 37.0 Å². The maximum Gasteiger partial charge on any atom is 0.472 e. The van der Waals surface area contributed by atoms with Crippen molar-refractivity contribution in [3.05, 3.63) is 0 Å². The quantitative estimate of drug-likeness (QED) is 0.0222. The Morgan fingerprint density at radius 2 is 0.571 bits per heavy atom. The molecule has 19 heteroatoms. The van der Waals surface area contributed by atoms with Crippen LogP contribution < -0.4 is 0 Å². The van der Waals surface area contributed by atoms with Crippen molar-refractivity contribution in [2.24, 2.45) is 23.7 Å². The molecule has 0 aromatic heterocycles. The van der Waals surface area contributed by atoms with Gasteiger partial charge in [0.2, 0.25) is 0 Å².